The van der Waals surface area contributed by atoms with Gasteiger partial charge in [0.15, 0.2) is 0 Å². The maximum Gasteiger partial charge on any atom is 0.251 e. The Labute approximate surface area is 97.1 Å². The lowest BCUT2D eigenvalue weighted by Gasteiger charge is -2.31. The predicted molar refractivity (Wildman–Crippen MR) is 62.0 cm³/mol. The molecule has 2 aliphatic heterocycles. The van der Waals surface area contributed by atoms with Crippen molar-refractivity contribution in [1.82, 2.24) is 4.90 Å². The van der Waals surface area contributed by atoms with E-state index in [9.17, 15) is 4.79 Å². The molecular weight excluding hydrogens is 204 g/mol. The summed E-state index contributed by atoms with van der Waals surface area (Å²) in [6.45, 7) is 2.18. The van der Waals surface area contributed by atoms with E-state index in [1.165, 1.54) is 12.8 Å². The summed E-state index contributed by atoms with van der Waals surface area (Å²) in [6.07, 6.45) is 6.27. The Balaban J connectivity index is 2.00. The quantitative estimate of drug-likeness (QED) is 0.761. The van der Waals surface area contributed by atoms with E-state index >= 15 is 0 Å². The third-order valence-electron chi connectivity index (χ3n) is 3.64. The molecule has 0 radical (unpaired) electrons. The van der Waals surface area contributed by atoms with Crippen molar-refractivity contribution in [3.63, 3.8) is 0 Å². The molecule has 2 rings (SSSR count). The van der Waals surface area contributed by atoms with Gasteiger partial charge in [0.25, 0.3) is 5.91 Å². The van der Waals surface area contributed by atoms with Crippen LogP contribution >= 0.6 is 0 Å². The first-order chi connectivity index (χ1) is 7.83. The number of carbonyl (C=O) groups is 1. The fourth-order valence-electron chi connectivity index (χ4n) is 2.67. The van der Waals surface area contributed by atoms with Crippen LogP contribution in [0, 0.1) is 0 Å². The van der Waals surface area contributed by atoms with E-state index < -0.39 is 0 Å². The minimum absolute atomic E-state index is 0.176. The average molecular weight is 226 g/mol. The van der Waals surface area contributed by atoms with Gasteiger partial charge in [-0.05, 0) is 25.7 Å². The molecule has 92 valence electrons. The third kappa shape index (κ3) is 2.55. The molecule has 16 heavy (non-hydrogen) atoms. The first-order valence-electron chi connectivity index (χ1n) is 6.45. The van der Waals surface area contributed by atoms with E-state index in [-0.39, 0.29) is 18.1 Å². The number of rotatable bonds is 2. The Morgan fingerprint density at radius 1 is 1.25 bits per heavy atom. The lowest BCUT2D eigenvalue weighted by Crippen LogP contribution is -2.48. The van der Waals surface area contributed by atoms with Gasteiger partial charge >= 0.3 is 0 Å². The van der Waals surface area contributed by atoms with Crippen LogP contribution in [0.3, 0.4) is 0 Å². The lowest BCUT2D eigenvalue weighted by atomic mass is 10.1. The van der Waals surface area contributed by atoms with Gasteiger partial charge in [-0.3, -0.25) is 4.79 Å². The first-order valence-corrected chi connectivity index (χ1v) is 6.45. The van der Waals surface area contributed by atoms with Crippen LogP contribution in [0.2, 0.25) is 0 Å². The average Bonchev–Trinajstić information content (AvgIpc) is 2.73. The molecule has 2 saturated heterocycles. The van der Waals surface area contributed by atoms with Crippen molar-refractivity contribution in [2.75, 3.05) is 19.7 Å². The van der Waals surface area contributed by atoms with Crippen molar-refractivity contribution in [3.8, 4) is 0 Å². The Bertz CT molecular complexity index is 239. The highest BCUT2D eigenvalue weighted by Gasteiger charge is 2.32. The number of amides is 1. The minimum atomic E-state index is -0.188. The monoisotopic (exact) mass is 226 g/mol. The predicted octanol–water partition coefficient (Wildman–Crippen LogP) is 0.895. The van der Waals surface area contributed by atoms with Gasteiger partial charge in [-0.25, -0.2) is 0 Å². The van der Waals surface area contributed by atoms with Crippen LogP contribution in [0.1, 0.15) is 38.5 Å². The van der Waals surface area contributed by atoms with Crippen LogP contribution in [0.4, 0.5) is 0 Å². The maximum absolute atomic E-state index is 12.3. The molecule has 0 aromatic rings. The normalized spacial score (nSPS) is 31.4. The number of ether oxygens (including phenoxy) is 1. The second-order valence-corrected chi connectivity index (χ2v) is 4.77. The summed E-state index contributed by atoms with van der Waals surface area (Å²) in [6, 6.07) is 0.235. The Hall–Kier alpha value is -0.610. The van der Waals surface area contributed by atoms with E-state index in [4.69, 9.17) is 10.5 Å². The molecule has 2 atom stereocenters. The van der Waals surface area contributed by atoms with Crippen molar-refractivity contribution in [3.05, 3.63) is 0 Å². The molecule has 0 saturated carbocycles. The Morgan fingerprint density at radius 3 is 2.81 bits per heavy atom. The number of carbonyl (C=O) groups excluding carboxylic acids is 1. The zero-order chi connectivity index (χ0) is 11.4. The van der Waals surface area contributed by atoms with Gasteiger partial charge in [-0.15, -0.1) is 0 Å². The highest BCUT2D eigenvalue weighted by atomic mass is 16.5. The lowest BCUT2D eigenvalue weighted by molar-refractivity contribution is -0.143. The van der Waals surface area contributed by atoms with Gasteiger partial charge in [0.05, 0.1) is 0 Å². The van der Waals surface area contributed by atoms with Crippen molar-refractivity contribution in [2.24, 2.45) is 5.73 Å². The molecule has 0 aliphatic carbocycles. The summed E-state index contributed by atoms with van der Waals surface area (Å²) in [7, 11) is 0. The molecule has 0 aromatic carbocycles. The van der Waals surface area contributed by atoms with E-state index in [1.807, 2.05) is 4.90 Å². The topological polar surface area (TPSA) is 55.6 Å². The summed E-state index contributed by atoms with van der Waals surface area (Å²) in [5.74, 6) is 0.176. The molecule has 1 amide bonds. The molecule has 2 N–H and O–H groups in total. The summed E-state index contributed by atoms with van der Waals surface area (Å²) in [5, 5.41) is 0. The van der Waals surface area contributed by atoms with Crippen LogP contribution in [-0.2, 0) is 9.53 Å². The molecule has 2 heterocycles. The van der Waals surface area contributed by atoms with Gasteiger partial charge in [-0.1, -0.05) is 12.8 Å². The van der Waals surface area contributed by atoms with E-state index in [0.29, 0.717) is 6.54 Å². The van der Waals surface area contributed by atoms with Gasteiger partial charge in [0, 0.05) is 25.7 Å². The number of hydrogen-bond donors (Lipinski definition) is 1. The van der Waals surface area contributed by atoms with Crippen LogP contribution in [0.15, 0.2) is 0 Å². The summed E-state index contributed by atoms with van der Waals surface area (Å²) in [5.41, 5.74) is 5.76. The van der Waals surface area contributed by atoms with Gasteiger partial charge in [0.1, 0.15) is 6.10 Å². The second-order valence-electron chi connectivity index (χ2n) is 4.77. The zero-order valence-electron chi connectivity index (χ0n) is 9.86. The molecule has 2 unspecified atom stereocenters. The fourth-order valence-corrected chi connectivity index (χ4v) is 2.67. The van der Waals surface area contributed by atoms with Gasteiger partial charge < -0.3 is 15.4 Å². The van der Waals surface area contributed by atoms with Gasteiger partial charge in [-0.2, -0.15) is 0 Å². The standard InChI is InChI=1S/C12H22N2O2/c13-9-10-5-2-1-3-7-14(10)12(15)11-6-4-8-16-11/h10-11H,1-9,13H2. The summed E-state index contributed by atoms with van der Waals surface area (Å²) >= 11 is 0. The molecule has 0 aromatic heterocycles. The van der Waals surface area contributed by atoms with Crippen LogP contribution in [0.25, 0.3) is 0 Å². The highest BCUT2D eigenvalue weighted by Crippen LogP contribution is 2.21. The van der Waals surface area contributed by atoms with Gasteiger partial charge in [0.2, 0.25) is 0 Å². The molecule has 4 heteroatoms. The molecule has 4 nitrogen and oxygen atoms in total. The molecule has 2 aliphatic rings. The fraction of sp³-hybridized carbons (Fsp3) is 0.917. The largest absolute Gasteiger partial charge is 0.368 e. The molecular formula is C12H22N2O2. The van der Waals surface area contributed by atoms with Crippen LogP contribution in [0.5, 0.6) is 0 Å². The van der Waals surface area contributed by atoms with E-state index in [0.717, 1.165) is 38.8 Å². The number of nitrogens with zero attached hydrogens (tertiary/aromatic N) is 1. The minimum Gasteiger partial charge on any atom is -0.368 e. The summed E-state index contributed by atoms with van der Waals surface area (Å²) < 4.78 is 5.47. The van der Waals surface area contributed by atoms with Crippen molar-refractivity contribution in [1.29, 1.82) is 0 Å². The SMILES string of the molecule is NCC1CCCCCN1C(=O)C1CCCO1. The van der Waals surface area contributed by atoms with Crippen molar-refractivity contribution < 1.29 is 9.53 Å². The summed E-state index contributed by atoms with van der Waals surface area (Å²) in [4.78, 5) is 14.2. The van der Waals surface area contributed by atoms with Crippen LogP contribution in [-0.4, -0.2) is 42.6 Å². The Morgan fingerprint density at radius 2 is 2.12 bits per heavy atom. The third-order valence-corrected chi connectivity index (χ3v) is 3.64. The maximum atomic E-state index is 12.3. The smallest absolute Gasteiger partial charge is 0.251 e. The Kier molecular flexibility index (Phi) is 4.18. The highest BCUT2D eigenvalue weighted by molar-refractivity contribution is 5.81. The van der Waals surface area contributed by atoms with Crippen molar-refractivity contribution in [2.45, 2.75) is 50.7 Å². The number of nitrogens with two attached hydrogens (primary N) is 1. The molecule has 2 fully saturated rings. The molecule has 0 spiro atoms. The number of likely N-dealkylation sites (tertiary alicyclic amines) is 1. The van der Waals surface area contributed by atoms with Crippen LogP contribution < -0.4 is 5.73 Å². The van der Waals surface area contributed by atoms with Crippen molar-refractivity contribution >= 4 is 5.91 Å². The zero-order valence-corrected chi connectivity index (χ0v) is 9.86. The second kappa shape index (κ2) is 5.64. The number of hydrogen-bond acceptors (Lipinski definition) is 3. The first kappa shape index (κ1) is 11.9. The van der Waals surface area contributed by atoms with E-state index in [2.05, 4.69) is 0 Å². The molecule has 0 bridgehead atoms. The van der Waals surface area contributed by atoms with E-state index in [1.54, 1.807) is 0 Å².